The predicted molar refractivity (Wildman–Crippen MR) is 127 cm³/mol. The summed E-state index contributed by atoms with van der Waals surface area (Å²) in [6.07, 6.45) is 0.344. The summed E-state index contributed by atoms with van der Waals surface area (Å²) in [5, 5.41) is 14.4. The second-order valence-corrected chi connectivity index (χ2v) is 7.86. The molecule has 0 aliphatic rings. The molecular weight excluding hydrogens is 412 g/mol. The van der Waals surface area contributed by atoms with Crippen molar-refractivity contribution in [2.24, 2.45) is 0 Å². The standard InChI is InChI=1S/C27H22N4O2/c32-25(17-21-10-11-22-8-4-5-9-24(22)16-21)19-33-26-14-12-23(13-15-26)27-28-29-30-31(27)18-20-6-2-1-3-7-20/h1-16H,17-19H2. The van der Waals surface area contributed by atoms with Crippen molar-refractivity contribution >= 4 is 16.6 Å². The number of hydrogen-bond acceptors (Lipinski definition) is 5. The molecule has 5 aromatic rings. The first-order chi connectivity index (χ1) is 16.2. The molecule has 1 aromatic heterocycles. The molecule has 162 valence electrons. The number of ether oxygens (including phenoxy) is 1. The summed E-state index contributed by atoms with van der Waals surface area (Å²) in [6.45, 7) is 0.614. The number of carbonyl (C=O) groups excluding carboxylic acids is 1. The molecular formula is C27H22N4O2. The lowest BCUT2D eigenvalue weighted by molar-refractivity contribution is -0.120. The van der Waals surface area contributed by atoms with Crippen LogP contribution >= 0.6 is 0 Å². The Balaban J connectivity index is 1.20. The number of fused-ring (bicyclic) bond motifs is 1. The molecule has 0 atom stereocenters. The maximum atomic E-state index is 12.4. The van der Waals surface area contributed by atoms with E-state index in [1.165, 1.54) is 5.39 Å². The van der Waals surface area contributed by atoms with Crippen LogP contribution in [0.2, 0.25) is 0 Å². The summed E-state index contributed by atoms with van der Waals surface area (Å²) in [6, 6.07) is 31.7. The highest BCUT2D eigenvalue weighted by Crippen LogP contribution is 2.21. The molecule has 1 heterocycles. The van der Waals surface area contributed by atoms with Crippen molar-refractivity contribution in [3.8, 4) is 17.1 Å². The molecule has 0 radical (unpaired) electrons. The summed E-state index contributed by atoms with van der Waals surface area (Å²) < 4.78 is 7.48. The summed E-state index contributed by atoms with van der Waals surface area (Å²) in [5.41, 5.74) is 2.99. The van der Waals surface area contributed by atoms with E-state index in [1.807, 2.05) is 78.9 Å². The Kier molecular flexibility index (Phi) is 5.89. The van der Waals surface area contributed by atoms with E-state index in [-0.39, 0.29) is 12.4 Å². The van der Waals surface area contributed by atoms with Gasteiger partial charge in [0.15, 0.2) is 11.6 Å². The first kappa shape index (κ1) is 20.6. The number of carbonyl (C=O) groups is 1. The van der Waals surface area contributed by atoms with Crippen LogP contribution in [0.3, 0.4) is 0 Å². The number of ketones is 1. The fraction of sp³-hybridized carbons (Fsp3) is 0.111. The zero-order chi connectivity index (χ0) is 22.5. The zero-order valence-corrected chi connectivity index (χ0v) is 18.0. The number of nitrogens with zero attached hydrogens (tertiary/aromatic N) is 4. The highest BCUT2D eigenvalue weighted by molar-refractivity contribution is 5.86. The fourth-order valence-corrected chi connectivity index (χ4v) is 3.77. The van der Waals surface area contributed by atoms with Crippen molar-refractivity contribution in [2.45, 2.75) is 13.0 Å². The third-order valence-electron chi connectivity index (χ3n) is 5.43. The van der Waals surface area contributed by atoms with E-state index >= 15 is 0 Å². The van der Waals surface area contributed by atoms with E-state index in [0.717, 1.165) is 22.1 Å². The second-order valence-electron chi connectivity index (χ2n) is 7.86. The summed E-state index contributed by atoms with van der Waals surface area (Å²) in [7, 11) is 0. The SMILES string of the molecule is O=C(COc1ccc(-c2nnnn2Cc2ccccc2)cc1)Cc1ccc2ccccc2c1. The van der Waals surface area contributed by atoms with Gasteiger partial charge in [-0.25, -0.2) is 4.68 Å². The molecule has 6 nitrogen and oxygen atoms in total. The zero-order valence-electron chi connectivity index (χ0n) is 18.0. The Hall–Kier alpha value is -4.32. The van der Waals surface area contributed by atoms with E-state index in [9.17, 15) is 4.79 Å². The molecule has 0 unspecified atom stereocenters. The normalized spacial score (nSPS) is 10.9. The van der Waals surface area contributed by atoms with Crippen LogP contribution < -0.4 is 4.74 Å². The quantitative estimate of drug-likeness (QED) is 0.353. The molecule has 0 aliphatic heterocycles. The highest BCUT2D eigenvalue weighted by atomic mass is 16.5. The summed E-state index contributed by atoms with van der Waals surface area (Å²) in [4.78, 5) is 12.4. The number of Topliss-reactive ketones (excluding diaryl/α,β-unsaturated/α-hetero) is 1. The van der Waals surface area contributed by atoms with Gasteiger partial charge in [-0.15, -0.1) is 5.10 Å². The van der Waals surface area contributed by atoms with Crippen LogP contribution in [0, 0.1) is 0 Å². The summed E-state index contributed by atoms with van der Waals surface area (Å²) >= 11 is 0. The average Bonchev–Trinajstić information content (AvgIpc) is 3.32. The third kappa shape index (κ3) is 4.96. The van der Waals surface area contributed by atoms with E-state index in [1.54, 1.807) is 4.68 Å². The predicted octanol–water partition coefficient (Wildman–Crippen LogP) is 4.73. The number of rotatable bonds is 8. The van der Waals surface area contributed by atoms with Gasteiger partial charge >= 0.3 is 0 Å². The van der Waals surface area contributed by atoms with Crippen LogP contribution in [0.5, 0.6) is 5.75 Å². The first-order valence-corrected chi connectivity index (χ1v) is 10.8. The van der Waals surface area contributed by atoms with Crippen molar-refractivity contribution in [2.75, 3.05) is 6.61 Å². The molecule has 0 saturated carbocycles. The molecule has 0 amide bonds. The molecule has 0 fully saturated rings. The molecule has 0 bridgehead atoms. The van der Waals surface area contributed by atoms with E-state index in [0.29, 0.717) is 24.5 Å². The number of tetrazole rings is 1. The van der Waals surface area contributed by atoms with Gasteiger partial charge in [0.05, 0.1) is 6.54 Å². The lowest BCUT2D eigenvalue weighted by Crippen LogP contribution is -2.13. The Morgan fingerprint density at radius 1 is 0.788 bits per heavy atom. The molecule has 0 aliphatic carbocycles. The van der Waals surface area contributed by atoms with E-state index in [4.69, 9.17) is 4.74 Å². The first-order valence-electron chi connectivity index (χ1n) is 10.8. The third-order valence-corrected chi connectivity index (χ3v) is 5.43. The van der Waals surface area contributed by atoms with Gasteiger partial charge in [0.2, 0.25) is 0 Å². The highest BCUT2D eigenvalue weighted by Gasteiger charge is 2.11. The lowest BCUT2D eigenvalue weighted by Gasteiger charge is -2.08. The Morgan fingerprint density at radius 2 is 1.55 bits per heavy atom. The number of aromatic nitrogens is 4. The molecule has 6 heteroatoms. The van der Waals surface area contributed by atoms with Crippen molar-refractivity contribution in [3.05, 3.63) is 108 Å². The van der Waals surface area contributed by atoms with Gasteiger partial charge in [-0.05, 0) is 56.6 Å². The molecule has 0 N–H and O–H groups in total. The maximum absolute atomic E-state index is 12.4. The van der Waals surface area contributed by atoms with Crippen LogP contribution in [0.4, 0.5) is 0 Å². The van der Waals surface area contributed by atoms with E-state index < -0.39 is 0 Å². The van der Waals surface area contributed by atoms with Crippen LogP contribution in [0.25, 0.3) is 22.2 Å². The number of hydrogen-bond donors (Lipinski definition) is 0. The summed E-state index contributed by atoms with van der Waals surface area (Å²) in [5.74, 6) is 1.34. The van der Waals surface area contributed by atoms with Gasteiger partial charge in [0, 0.05) is 12.0 Å². The van der Waals surface area contributed by atoms with Gasteiger partial charge in [0.1, 0.15) is 12.4 Å². The Labute approximate surface area is 191 Å². The monoisotopic (exact) mass is 434 g/mol. The number of benzene rings is 4. The van der Waals surface area contributed by atoms with Crippen molar-refractivity contribution in [1.82, 2.24) is 20.2 Å². The molecule has 0 spiro atoms. The van der Waals surface area contributed by atoms with Crippen LogP contribution in [-0.2, 0) is 17.8 Å². The molecule has 0 saturated heterocycles. The largest absolute Gasteiger partial charge is 0.486 e. The minimum atomic E-state index is 0.0257. The van der Waals surface area contributed by atoms with Crippen LogP contribution in [0.15, 0.2) is 97.1 Å². The lowest BCUT2D eigenvalue weighted by atomic mass is 10.0. The molecule has 4 aromatic carbocycles. The fourth-order valence-electron chi connectivity index (χ4n) is 3.77. The molecule has 33 heavy (non-hydrogen) atoms. The smallest absolute Gasteiger partial charge is 0.182 e. The minimum absolute atomic E-state index is 0.0257. The van der Waals surface area contributed by atoms with Gasteiger partial charge < -0.3 is 4.74 Å². The van der Waals surface area contributed by atoms with Gasteiger partial charge in [0.25, 0.3) is 0 Å². The van der Waals surface area contributed by atoms with Crippen molar-refractivity contribution < 1.29 is 9.53 Å². The minimum Gasteiger partial charge on any atom is -0.486 e. The second kappa shape index (κ2) is 9.44. The van der Waals surface area contributed by atoms with Crippen LogP contribution in [-0.4, -0.2) is 32.6 Å². The van der Waals surface area contributed by atoms with E-state index in [2.05, 4.69) is 33.7 Å². The topological polar surface area (TPSA) is 69.9 Å². The Bertz CT molecular complexity index is 1380. The Morgan fingerprint density at radius 3 is 2.36 bits per heavy atom. The van der Waals surface area contributed by atoms with Crippen LogP contribution in [0.1, 0.15) is 11.1 Å². The van der Waals surface area contributed by atoms with Gasteiger partial charge in [-0.1, -0.05) is 72.8 Å². The average molecular weight is 434 g/mol. The van der Waals surface area contributed by atoms with Crippen molar-refractivity contribution in [1.29, 1.82) is 0 Å². The molecule has 5 rings (SSSR count). The van der Waals surface area contributed by atoms with Gasteiger partial charge in [-0.3, -0.25) is 4.79 Å². The van der Waals surface area contributed by atoms with Gasteiger partial charge in [-0.2, -0.15) is 0 Å². The maximum Gasteiger partial charge on any atom is 0.182 e. The van der Waals surface area contributed by atoms with Crippen molar-refractivity contribution in [3.63, 3.8) is 0 Å².